The first-order valence-electron chi connectivity index (χ1n) is 7.32. The van der Waals surface area contributed by atoms with Gasteiger partial charge in [-0.1, -0.05) is 26.0 Å². The van der Waals surface area contributed by atoms with Gasteiger partial charge in [-0.15, -0.1) is 0 Å². The molecule has 0 saturated heterocycles. The van der Waals surface area contributed by atoms with E-state index in [1.54, 1.807) is 25.4 Å². The van der Waals surface area contributed by atoms with Gasteiger partial charge in [0.05, 0.1) is 26.1 Å². The van der Waals surface area contributed by atoms with Crippen LogP contribution >= 0.6 is 0 Å². The summed E-state index contributed by atoms with van der Waals surface area (Å²) in [5, 5.41) is 0. The molecule has 0 aliphatic rings. The van der Waals surface area contributed by atoms with Gasteiger partial charge < -0.3 is 9.15 Å². The molecule has 7 heteroatoms. The van der Waals surface area contributed by atoms with E-state index in [2.05, 4.69) is 4.98 Å². The minimum absolute atomic E-state index is 0.109. The molecule has 23 heavy (non-hydrogen) atoms. The van der Waals surface area contributed by atoms with Gasteiger partial charge in [-0.3, -0.25) is 0 Å². The topological polar surface area (TPSA) is 72.6 Å². The van der Waals surface area contributed by atoms with Gasteiger partial charge in [0.1, 0.15) is 11.5 Å². The second-order valence-corrected chi connectivity index (χ2v) is 7.67. The fourth-order valence-electron chi connectivity index (χ4n) is 2.04. The molecule has 0 N–H and O–H groups in total. The highest BCUT2D eigenvalue weighted by molar-refractivity contribution is 7.88. The number of rotatable bonds is 7. The highest BCUT2D eigenvalue weighted by atomic mass is 32.2. The lowest BCUT2D eigenvalue weighted by molar-refractivity contribution is 0.340. The second kappa shape index (κ2) is 7.14. The van der Waals surface area contributed by atoms with E-state index in [-0.39, 0.29) is 19.0 Å². The van der Waals surface area contributed by atoms with Crippen LogP contribution in [0.5, 0.6) is 5.75 Å². The molecular formula is C16H22N2O4S. The zero-order chi connectivity index (χ0) is 17.0. The van der Waals surface area contributed by atoms with Crippen molar-refractivity contribution in [2.45, 2.75) is 32.9 Å². The van der Waals surface area contributed by atoms with Crippen LogP contribution in [0.1, 0.15) is 37.0 Å². The van der Waals surface area contributed by atoms with Crippen molar-refractivity contribution in [3.8, 4) is 5.75 Å². The first-order chi connectivity index (χ1) is 10.8. The number of oxazole rings is 1. The summed E-state index contributed by atoms with van der Waals surface area (Å²) in [5.74, 6) is 2.09. The molecule has 0 saturated carbocycles. The van der Waals surface area contributed by atoms with Gasteiger partial charge in [0.15, 0.2) is 0 Å². The fraction of sp³-hybridized carbons (Fsp3) is 0.438. The van der Waals surface area contributed by atoms with Crippen LogP contribution in [0.15, 0.2) is 34.9 Å². The zero-order valence-electron chi connectivity index (χ0n) is 13.8. The molecule has 0 amide bonds. The highest BCUT2D eigenvalue weighted by Gasteiger charge is 2.20. The zero-order valence-corrected chi connectivity index (χ0v) is 14.6. The predicted molar refractivity (Wildman–Crippen MR) is 87.7 cm³/mol. The Morgan fingerprint density at radius 1 is 1.22 bits per heavy atom. The summed E-state index contributed by atoms with van der Waals surface area (Å²) >= 11 is 0. The average Bonchev–Trinajstić information content (AvgIpc) is 2.95. The number of hydrogen-bond donors (Lipinski definition) is 0. The standard InChI is InChI=1S/C16H22N2O4S/c1-12(2)15-9-17-16(22-15)11-18(23(4,19)20)10-13-5-7-14(21-3)8-6-13/h5-9,12H,10-11H2,1-4H3. The Balaban J connectivity index is 2.16. The molecule has 2 aromatic rings. The van der Waals surface area contributed by atoms with Gasteiger partial charge in [-0.05, 0) is 17.7 Å². The fourth-order valence-corrected chi connectivity index (χ4v) is 2.77. The van der Waals surface area contributed by atoms with Crippen LogP contribution in [-0.2, 0) is 23.1 Å². The molecule has 1 aromatic heterocycles. The summed E-state index contributed by atoms with van der Waals surface area (Å²) in [4.78, 5) is 4.17. The molecule has 2 rings (SSSR count). The van der Waals surface area contributed by atoms with E-state index >= 15 is 0 Å². The first kappa shape index (κ1) is 17.5. The molecule has 0 aliphatic heterocycles. The summed E-state index contributed by atoms with van der Waals surface area (Å²) in [6.07, 6.45) is 2.83. The van der Waals surface area contributed by atoms with Crippen molar-refractivity contribution in [1.82, 2.24) is 9.29 Å². The van der Waals surface area contributed by atoms with Gasteiger partial charge in [0.2, 0.25) is 15.9 Å². The minimum atomic E-state index is -3.39. The number of methoxy groups -OCH3 is 1. The Morgan fingerprint density at radius 2 is 1.87 bits per heavy atom. The predicted octanol–water partition coefficient (Wildman–Crippen LogP) is 2.77. The van der Waals surface area contributed by atoms with Crippen molar-refractivity contribution >= 4 is 10.0 Å². The van der Waals surface area contributed by atoms with Gasteiger partial charge in [0, 0.05) is 12.5 Å². The van der Waals surface area contributed by atoms with Crippen molar-refractivity contribution < 1.29 is 17.6 Å². The lowest BCUT2D eigenvalue weighted by Crippen LogP contribution is -2.29. The Hall–Kier alpha value is -1.86. The van der Waals surface area contributed by atoms with E-state index < -0.39 is 10.0 Å². The van der Waals surface area contributed by atoms with Crippen molar-refractivity contribution in [1.29, 1.82) is 0 Å². The molecule has 0 bridgehead atoms. The van der Waals surface area contributed by atoms with E-state index in [1.165, 1.54) is 10.6 Å². The third-order valence-corrected chi connectivity index (χ3v) is 4.64. The Bertz CT molecular complexity index is 736. The molecule has 0 atom stereocenters. The molecule has 6 nitrogen and oxygen atoms in total. The Kier molecular flexibility index (Phi) is 5.43. The summed E-state index contributed by atoms with van der Waals surface area (Å²) in [5.41, 5.74) is 0.867. The largest absolute Gasteiger partial charge is 0.497 e. The maximum absolute atomic E-state index is 12.0. The molecule has 1 heterocycles. The molecule has 1 aromatic carbocycles. The van der Waals surface area contributed by atoms with Crippen molar-refractivity contribution in [3.63, 3.8) is 0 Å². The number of benzene rings is 1. The van der Waals surface area contributed by atoms with Crippen molar-refractivity contribution in [2.75, 3.05) is 13.4 Å². The molecular weight excluding hydrogens is 316 g/mol. The smallest absolute Gasteiger partial charge is 0.211 e. The number of sulfonamides is 1. The lowest BCUT2D eigenvalue weighted by Gasteiger charge is -2.18. The maximum Gasteiger partial charge on any atom is 0.211 e. The van der Waals surface area contributed by atoms with Crippen molar-refractivity contribution in [2.24, 2.45) is 0 Å². The molecule has 0 radical (unpaired) electrons. The summed E-state index contributed by atoms with van der Waals surface area (Å²) < 4.78 is 36.1. The number of hydrogen-bond acceptors (Lipinski definition) is 5. The first-order valence-corrected chi connectivity index (χ1v) is 9.17. The Labute approximate surface area is 137 Å². The molecule has 0 spiro atoms. The molecule has 0 fully saturated rings. The van der Waals surface area contributed by atoms with Gasteiger partial charge in [-0.25, -0.2) is 13.4 Å². The monoisotopic (exact) mass is 338 g/mol. The molecule has 126 valence electrons. The number of aromatic nitrogens is 1. The van der Waals surface area contributed by atoms with Crippen LogP contribution in [0.3, 0.4) is 0 Å². The lowest BCUT2D eigenvalue weighted by atomic mass is 10.2. The molecule has 0 unspecified atom stereocenters. The summed E-state index contributed by atoms with van der Waals surface area (Å²) in [6, 6.07) is 7.29. The van der Waals surface area contributed by atoms with E-state index in [9.17, 15) is 8.42 Å². The maximum atomic E-state index is 12.0. The highest BCUT2D eigenvalue weighted by Crippen LogP contribution is 2.19. The van der Waals surface area contributed by atoms with E-state index in [0.29, 0.717) is 5.89 Å². The normalized spacial score (nSPS) is 12.1. The minimum Gasteiger partial charge on any atom is -0.497 e. The second-order valence-electron chi connectivity index (χ2n) is 5.69. The quantitative estimate of drug-likeness (QED) is 0.776. The van der Waals surface area contributed by atoms with Gasteiger partial charge >= 0.3 is 0 Å². The van der Waals surface area contributed by atoms with Crippen LogP contribution in [0, 0.1) is 0 Å². The van der Waals surface area contributed by atoms with E-state index in [0.717, 1.165) is 17.1 Å². The van der Waals surface area contributed by atoms with Crippen LogP contribution in [0.25, 0.3) is 0 Å². The van der Waals surface area contributed by atoms with E-state index in [4.69, 9.17) is 9.15 Å². The third kappa shape index (κ3) is 4.80. The summed E-state index contributed by atoms with van der Waals surface area (Å²) in [6.45, 7) is 4.35. The van der Waals surface area contributed by atoms with Crippen LogP contribution in [-0.4, -0.2) is 31.1 Å². The van der Waals surface area contributed by atoms with Crippen LogP contribution in [0.2, 0.25) is 0 Å². The van der Waals surface area contributed by atoms with Crippen LogP contribution < -0.4 is 4.74 Å². The van der Waals surface area contributed by atoms with Crippen molar-refractivity contribution in [3.05, 3.63) is 47.7 Å². The van der Waals surface area contributed by atoms with Gasteiger partial charge in [0.25, 0.3) is 0 Å². The van der Waals surface area contributed by atoms with Crippen LogP contribution in [0.4, 0.5) is 0 Å². The van der Waals surface area contributed by atoms with Gasteiger partial charge in [-0.2, -0.15) is 4.31 Å². The number of nitrogens with zero attached hydrogens (tertiary/aromatic N) is 2. The number of ether oxygens (including phenoxy) is 1. The van der Waals surface area contributed by atoms with E-state index in [1.807, 2.05) is 26.0 Å². The third-order valence-electron chi connectivity index (χ3n) is 3.44. The average molecular weight is 338 g/mol. The Morgan fingerprint density at radius 3 is 2.35 bits per heavy atom. The molecule has 0 aliphatic carbocycles. The SMILES string of the molecule is COc1ccc(CN(Cc2ncc(C(C)C)o2)S(C)(=O)=O)cc1. The summed E-state index contributed by atoms with van der Waals surface area (Å²) in [7, 11) is -1.80.